The molecule has 1 N–H and O–H groups in total. The van der Waals surface area contributed by atoms with Crippen molar-refractivity contribution in [1.82, 2.24) is 4.98 Å². The molecule has 0 atom stereocenters. The number of aromatic nitrogens is 1. The van der Waals surface area contributed by atoms with Crippen LogP contribution in [0, 0.1) is 0 Å². The minimum atomic E-state index is -0.0463. The number of morpholine rings is 1. The lowest BCUT2D eigenvalue weighted by Gasteiger charge is -2.29. The van der Waals surface area contributed by atoms with Crippen molar-refractivity contribution < 1.29 is 9.53 Å². The number of benzene rings is 2. The highest BCUT2D eigenvalue weighted by Gasteiger charge is 2.17. The molecule has 1 amide bonds. The molecular weight excluding hydrogens is 350 g/mol. The summed E-state index contributed by atoms with van der Waals surface area (Å²) in [7, 11) is 0. The number of ether oxygens (including phenoxy) is 1. The molecule has 1 aromatic heterocycles. The number of rotatable bonds is 5. The number of hydrogen-bond donors (Lipinski definition) is 1. The van der Waals surface area contributed by atoms with Crippen molar-refractivity contribution >= 4 is 17.4 Å². The Hall–Kier alpha value is -3.18. The number of carbonyl (C=O) groups is 1. The molecule has 5 nitrogen and oxygen atoms in total. The molecule has 2 aromatic carbocycles. The van der Waals surface area contributed by atoms with Crippen molar-refractivity contribution in [3.63, 3.8) is 0 Å². The van der Waals surface area contributed by atoms with Gasteiger partial charge in [0, 0.05) is 19.3 Å². The van der Waals surface area contributed by atoms with E-state index in [9.17, 15) is 4.79 Å². The van der Waals surface area contributed by atoms with Gasteiger partial charge < -0.3 is 15.0 Å². The molecule has 1 aliphatic heterocycles. The molecule has 2 heterocycles. The van der Waals surface area contributed by atoms with Gasteiger partial charge in [-0.15, -0.1) is 0 Å². The van der Waals surface area contributed by atoms with Gasteiger partial charge in [-0.3, -0.25) is 4.79 Å². The van der Waals surface area contributed by atoms with Crippen LogP contribution in [0.5, 0.6) is 0 Å². The van der Waals surface area contributed by atoms with Crippen molar-refractivity contribution in [3.8, 4) is 11.1 Å². The van der Waals surface area contributed by atoms with Crippen LogP contribution in [0.25, 0.3) is 11.1 Å². The number of hydrogen-bond acceptors (Lipinski definition) is 4. The Kier molecular flexibility index (Phi) is 5.64. The van der Waals surface area contributed by atoms with Crippen LogP contribution in [0.4, 0.5) is 11.5 Å². The second-order valence-electron chi connectivity index (χ2n) is 6.76. The lowest BCUT2D eigenvalue weighted by molar-refractivity contribution is -0.115. The summed E-state index contributed by atoms with van der Waals surface area (Å²) in [6.07, 6.45) is 2.08. The fraction of sp³-hybridized carbons (Fsp3) is 0.217. The van der Waals surface area contributed by atoms with Gasteiger partial charge in [-0.05, 0) is 28.8 Å². The van der Waals surface area contributed by atoms with E-state index in [2.05, 4.69) is 39.5 Å². The maximum Gasteiger partial charge on any atom is 0.228 e. The van der Waals surface area contributed by atoms with Crippen LogP contribution in [0.2, 0.25) is 0 Å². The largest absolute Gasteiger partial charge is 0.378 e. The van der Waals surface area contributed by atoms with E-state index in [4.69, 9.17) is 4.74 Å². The van der Waals surface area contributed by atoms with Crippen LogP contribution < -0.4 is 10.2 Å². The summed E-state index contributed by atoms with van der Waals surface area (Å²) in [6.45, 7) is 2.91. The first-order valence-electron chi connectivity index (χ1n) is 9.51. The smallest absolute Gasteiger partial charge is 0.228 e. The summed E-state index contributed by atoms with van der Waals surface area (Å²) in [6, 6.07) is 22.1. The van der Waals surface area contributed by atoms with Gasteiger partial charge in [-0.1, -0.05) is 54.6 Å². The minimum absolute atomic E-state index is 0.0463. The average molecular weight is 373 g/mol. The number of carbonyl (C=O) groups excluding carboxylic acids is 1. The zero-order chi connectivity index (χ0) is 19.2. The van der Waals surface area contributed by atoms with Gasteiger partial charge in [-0.25, -0.2) is 4.98 Å². The highest BCUT2D eigenvalue weighted by atomic mass is 16.5. The molecule has 5 heteroatoms. The first-order chi connectivity index (χ1) is 13.8. The number of nitrogens with zero attached hydrogens (tertiary/aromatic N) is 2. The molecule has 0 aliphatic carbocycles. The van der Waals surface area contributed by atoms with E-state index >= 15 is 0 Å². The molecular formula is C23H23N3O2. The van der Waals surface area contributed by atoms with Gasteiger partial charge in [0.2, 0.25) is 5.91 Å². The van der Waals surface area contributed by atoms with Gasteiger partial charge in [0.25, 0.3) is 0 Å². The molecule has 3 aromatic rings. The standard InChI is InChI=1S/C23H23N3O2/c27-22(17-18-8-10-20(11-9-18)19-5-2-1-3-6-19)25-21-7-4-12-24-23(21)26-13-15-28-16-14-26/h1-12H,13-17H2,(H,25,27). The average Bonchev–Trinajstić information content (AvgIpc) is 2.76. The zero-order valence-electron chi connectivity index (χ0n) is 15.7. The van der Waals surface area contributed by atoms with Gasteiger partial charge in [0.15, 0.2) is 5.82 Å². The van der Waals surface area contributed by atoms with E-state index in [0.29, 0.717) is 19.6 Å². The summed E-state index contributed by atoms with van der Waals surface area (Å²) in [4.78, 5) is 19.2. The lowest BCUT2D eigenvalue weighted by Crippen LogP contribution is -2.37. The fourth-order valence-corrected chi connectivity index (χ4v) is 3.35. The SMILES string of the molecule is O=C(Cc1ccc(-c2ccccc2)cc1)Nc1cccnc1N1CCOCC1. The van der Waals surface area contributed by atoms with Crippen molar-refractivity contribution in [2.24, 2.45) is 0 Å². The summed E-state index contributed by atoms with van der Waals surface area (Å²) >= 11 is 0. The van der Waals surface area contributed by atoms with Crippen LogP contribution in [0.3, 0.4) is 0 Å². The van der Waals surface area contributed by atoms with E-state index in [1.807, 2.05) is 42.5 Å². The Morgan fingerprint density at radius 1 is 0.929 bits per heavy atom. The molecule has 1 saturated heterocycles. The van der Waals surface area contributed by atoms with Crippen LogP contribution in [-0.2, 0) is 16.0 Å². The Balaban J connectivity index is 1.42. The van der Waals surface area contributed by atoms with E-state index in [1.165, 1.54) is 5.56 Å². The third-order valence-electron chi connectivity index (χ3n) is 4.80. The topological polar surface area (TPSA) is 54.5 Å². The molecule has 0 bridgehead atoms. The van der Waals surface area contributed by atoms with E-state index in [-0.39, 0.29) is 5.91 Å². The Labute approximate surface area is 165 Å². The summed E-state index contributed by atoms with van der Waals surface area (Å²) < 4.78 is 5.41. The Morgan fingerprint density at radius 3 is 2.39 bits per heavy atom. The molecule has 0 unspecified atom stereocenters. The first-order valence-corrected chi connectivity index (χ1v) is 9.51. The summed E-state index contributed by atoms with van der Waals surface area (Å²) in [5.41, 5.74) is 4.04. The molecule has 0 saturated carbocycles. The second kappa shape index (κ2) is 8.67. The van der Waals surface area contributed by atoms with Crippen LogP contribution in [0.15, 0.2) is 72.9 Å². The first kappa shape index (κ1) is 18.2. The van der Waals surface area contributed by atoms with Gasteiger partial charge in [0.05, 0.1) is 25.3 Å². The highest BCUT2D eigenvalue weighted by Crippen LogP contribution is 2.24. The van der Waals surface area contributed by atoms with Gasteiger partial charge in [-0.2, -0.15) is 0 Å². The van der Waals surface area contributed by atoms with E-state index in [0.717, 1.165) is 35.7 Å². The van der Waals surface area contributed by atoms with Gasteiger partial charge >= 0.3 is 0 Å². The lowest BCUT2D eigenvalue weighted by atomic mass is 10.0. The van der Waals surface area contributed by atoms with Gasteiger partial charge in [0.1, 0.15) is 0 Å². The number of anilines is 2. The minimum Gasteiger partial charge on any atom is -0.378 e. The molecule has 1 fully saturated rings. The van der Waals surface area contributed by atoms with Crippen molar-refractivity contribution in [1.29, 1.82) is 0 Å². The van der Waals surface area contributed by atoms with Crippen LogP contribution >= 0.6 is 0 Å². The molecule has 4 rings (SSSR count). The summed E-state index contributed by atoms with van der Waals surface area (Å²) in [5.74, 6) is 0.758. The van der Waals surface area contributed by atoms with E-state index in [1.54, 1.807) is 6.20 Å². The van der Waals surface area contributed by atoms with Crippen LogP contribution in [-0.4, -0.2) is 37.2 Å². The monoisotopic (exact) mass is 373 g/mol. The zero-order valence-corrected chi connectivity index (χ0v) is 15.7. The predicted molar refractivity (Wildman–Crippen MR) is 111 cm³/mol. The normalized spacial score (nSPS) is 13.9. The van der Waals surface area contributed by atoms with Crippen molar-refractivity contribution in [2.75, 3.05) is 36.5 Å². The van der Waals surface area contributed by atoms with E-state index < -0.39 is 0 Å². The maximum absolute atomic E-state index is 12.6. The quantitative estimate of drug-likeness (QED) is 0.740. The van der Waals surface area contributed by atoms with Crippen molar-refractivity contribution in [2.45, 2.75) is 6.42 Å². The highest BCUT2D eigenvalue weighted by molar-refractivity contribution is 5.95. The number of amides is 1. The predicted octanol–water partition coefficient (Wildman–Crippen LogP) is 3.77. The Bertz CT molecular complexity index is 920. The fourth-order valence-electron chi connectivity index (χ4n) is 3.35. The maximum atomic E-state index is 12.6. The third kappa shape index (κ3) is 4.38. The third-order valence-corrected chi connectivity index (χ3v) is 4.80. The number of pyridine rings is 1. The molecule has 28 heavy (non-hydrogen) atoms. The van der Waals surface area contributed by atoms with Crippen molar-refractivity contribution in [3.05, 3.63) is 78.5 Å². The summed E-state index contributed by atoms with van der Waals surface area (Å²) in [5, 5.41) is 3.02. The molecule has 0 radical (unpaired) electrons. The molecule has 1 aliphatic rings. The molecule has 0 spiro atoms. The number of nitrogens with one attached hydrogen (secondary N) is 1. The Morgan fingerprint density at radius 2 is 1.64 bits per heavy atom. The second-order valence-corrected chi connectivity index (χ2v) is 6.76. The molecule has 142 valence electrons. The van der Waals surface area contributed by atoms with Crippen LogP contribution in [0.1, 0.15) is 5.56 Å².